The second-order valence-electron chi connectivity index (χ2n) is 10.0. The summed E-state index contributed by atoms with van der Waals surface area (Å²) in [4.78, 5) is 24.8. The summed E-state index contributed by atoms with van der Waals surface area (Å²) in [5.74, 6) is 1.09. The zero-order valence-corrected chi connectivity index (χ0v) is 22.6. The number of carbonyl (C=O) groups is 1. The third-order valence-electron chi connectivity index (χ3n) is 7.42. The van der Waals surface area contributed by atoms with E-state index in [0.29, 0.717) is 5.56 Å². The van der Waals surface area contributed by atoms with E-state index in [1.807, 2.05) is 49.4 Å². The number of nitrogens with zero attached hydrogens (tertiary/aromatic N) is 4. The predicted molar refractivity (Wildman–Crippen MR) is 155 cm³/mol. The summed E-state index contributed by atoms with van der Waals surface area (Å²) in [6, 6.07) is 20.1. The van der Waals surface area contributed by atoms with Gasteiger partial charge in [0.25, 0.3) is 0 Å². The fraction of sp³-hybridized carbons (Fsp3) is 0.344. The Labute approximate surface area is 224 Å². The van der Waals surface area contributed by atoms with Crippen LogP contribution in [0.4, 0.5) is 0 Å². The SMILES string of the molecule is CCCCc1nc2ccc(C3=NCCN3CCCC)cc2n1-c1ccc(-c2ccccc2)c(C(=O)O)c1C. The number of aryl methyl sites for hydroxylation is 1. The molecule has 1 aromatic heterocycles. The Hall–Kier alpha value is -3.93. The van der Waals surface area contributed by atoms with Crippen LogP contribution in [0.1, 0.15) is 66.8 Å². The molecule has 0 amide bonds. The van der Waals surface area contributed by atoms with E-state index in [1.165, 1.54) is 0 Å². The first-order valence-corrected chi connectivity index (χ1v) is 13.8. The number of aromatic nitrogens is 2. The number of fused-ring (bicyclic) bond motifs is 1. The average Bonchev–Trinajstić information content (AvgIpc) is 3.54. The van der Waals surface area contributed by atoms with Crippen molar-refractivity contribution in [3.63, 3.8) is 0 Å². The monoisotopic (exact) mass is 508 g/mol. The van der Waals surface area contributed by atoms with Gasteiger partial charge in [0.1, 0.15) is 11.7 Å². The van der Waals surface area contributed by atoms with Gasteiger partial charge < -0.3 is 10.0 Å². The number of carboxylic acids is 1. The molecule has 2 heterocycles. The standard InChI is InChI=1S/C32H36N4O2/c1-4-6-13-29-34-26-16-14-24(31-33-18-20-35(31)19-7-5-2)21-28(26)36(29)27-17-15-25(23-11-9-8-10-12-23)30(22(27)3)32(37)38/h8-12,14-17,21H,4-7,13,18-20H2,1-3H3,(H,37,38). The van der Waals surface area contributed by atoms with Gasteiger partial charge >= 0.3 is 5.97 Å². The van der Waals surface area contributed by atoms with Gasteiger partial charge in [-0.2, -0.15) is 0 Å². The molecule has 0 atom stereocenters. The third-order valence-corrected chi connectivity index (χ3v) is 7.42. The number of benzene rings is 3. The highest BCUT2D eigenvalue weighted by Crippen LogP contribution is 2.33. The van der Waals surface area contributed by atoms with Gasteiger partial charge in [0.2, 0.25) is 0 Å². The molecule has 0 spiro atoms. The fourth-order valence-corrected chi connectivity index (χ4v) is 5.44. The van der Waals surface area contributed by atoms with Gasteiger partial charge in [0.15, 0.2) is 0 Å². The van der Waals surface area contributed by atoms with Crippen LogP contribution in [0.3, 0.4) is 0 Å². The molecule has 3 aromatic carbocycles. The van der Waals surface area contributed by atoms with Crippen molar-refractivity contribution in [2.45, 2.75) is 52.9 Å². The molecule has 1 N–H and O–H groups in total. The van der Waals surface area contributed by atoms with Crippen LogP contribution in [0.25, 0.3) is 27.8 Å². The quantitative estimate of drug-likeness (QED) is 0.253. The molecular formula is C32H36N4O2. The smallest absolute Gasteiger partial charge is 0.336 e. The maximum absolute atomic E-state index is 12.6. The molecule has 38 heavy (non-hydrogen) atoms. The summed E-state index contributed by atoms with van der Waals surface area (Å²) in [5, 5.41) is 10.3. The lowest BCUT2D eigenvalue weighted by Crippen LogP contribution is -2.29. The largest absolute Gasteiger partial charge is 0.478 e. The molecule has 4 aromatic rings. The molecule has 6 nitrogen and oxygen atoms in total. The second kappa shape index (κ2) is 11.2. The van der Waals surface area contributed by atoms with Crippen molar-refractivity contribution in [1.82, 2.24) is 14.5 Å². The topological polar surface area (TPSA) is 70.7 Å². The summed E-state index contributed by atoms with van der Waals surface area (Å²) < 4.78 is 2.18. The number of imidazole rings is 1. The molecule has 5 rings (SSSR count). The maximum Gasteiger partial charge on any atom is 0.336 e. The van der Waals surface area contributed by atoms with Gasteiger partial charge in [-0.25, -0.2) is 9.78 Å². The van der Waals surface area contributed by atoms with Crippen LogP contribution in [0.15, 0.2) is 65.7 Å². The van der Waals surface area contributed by atoms with Crippen molar-refractivity contribution in [3.05, 3.63) is 83.2 Å². The number of unbranched alkanes of at least 4 members (excludes halogenated alkanes) is 2. The number of amidine groups is 1. The predicted octanol–water partition coefficient (Wildman–Crippen LogP) is 6.90. The molecule has 0 bridgehead atoms. The van der Waals surface area contributed by atoms with Crippen LogP contribution in [-0.2, 0) is 6.42 Å². The average molecular weight is 509 g/mol. The molecule has 0 saturated heterocycles. The first kappa shape index (κ1) is 25.7. The summed E-state index contributed by atoms with van der Waals surface area (Å²) in [6.07, 6.45) is 5.20. The molecule has 1 aliphatic heterocycles. The van der Waals surface area contributed by atoms with Crippen LogP contribution in [-0.4, -0.2) is 51.0 Å². The molecule has 196 valence electrons. The van der Waals surface area contributed by atoms with Crippen molar-refractivity contribution in [3.8, 4) is 16.8 Å². The summed E-state index contributed by atoms with van der Waals surface area (Å²) in [7, 11) is 0. The van der Waals surface area contributed by atoms with Gasteiger partial charge in [-0.05, 0) is 60.7 Å². The van der Waals surface area contributed by atoms with Crippen molar-refractivity contribution < 1.29 is 9.90 Å². The van der Waals surface area contributed by atoms with Crippen LogP contribution in [0, 0.1) is 6.92 Å². The maximum atomic E-state index is 12.6. The van der Waals surface area contributed by atoms with Crippen molar-refractivity contribution in [2.75, 3.05) is 19.6 Å². The van der Waals surface area contributed by atoms with Gasteiger partial charge in [-0.1, -0.05) is 63.1 Å². The Morgan fingerprint density at radius 1 is 0.974 bits per heavy atom. The zero-order valence-electron chi connectivity index (χ0n) is 22.6. The minimum atomic E-state index is -0.921. The van der Waals surface area contributed by atoms with Crippen LogP contribution in [0.5, 0.6) is 0 Å². The van der Waals surface area contributed by atoms with Crippen LogP contribution in [0.2, 0.25) is 0 Å². The van der Waals surface area contributed by atoms with Crippen LogP contribution >= 0.6 is 0 Å². The van der Waals surface area contributed by atoms with E-state index in [1.54, 1.807) is 0 Å². The number of carboxylic acid groups (broad SMARTS) is 1. The number of hydrogen-bond acceptors (Lipinski definition) is 4. The minimum Gasteiger partial charge on any atom is -0.478 e. The van der Waals surface area contributed by atoms with Crippen molar-refractivity contribution in [2.24, 2.45) is 4.99 Å². The Bertz CT molecular complexity index is 1490. The Kier molecular flexibility index (Phi) is 7.59. The van der Waals surface area contributed by atoms with E-state index < -0.39 is 5.97 Å². The van der Waals surface area contributed by atoms with E-state index in [0.717, 1.165) is 102 Å². The van der Waals surface area contributed by atoms with E-state index in [-0.39, 0.29) is 0 Å². The van der Waals surface area contributed by atoms with Gasteiger partial charge in [-0.15, -0.1) is 0 Å². The minimum absolute atomic E-state index is 0.332. The van der Waals surface area contributed by atoms with E-state index in [2.05, 4.69) is 41.5 Å². The molecule has 1 aliphatic rings. The Balaban J connectivity index is 1.68. The summed E-state index contributed by atoms with van der Waals surface area (Å²) >= 11 is 0. The van der Waals surface area contributed by atoms with E-state index in [4.69, 9.17) is 9.98 Å². The molecule has 0 aliphatic carbocycles. The van der Waals surface area contributed by atoms with Gasteiger partial charge in [-0.3, -0.25) is 9.56 Å². The molecule has 6 heteroatoms. The van der Waals surface area contributed by atoms with Crippen molar-refractivity contribution >= 4 is 22.8 Å². The first-order valence-electron chi connectivity index (χ1n) is 13.8. The normalized spacial score (nSPS) is 13.3. The van der Waals surface area contributed by atoms with Crippen molar-refractivity contribution in [1.29, 1.82) is 0 Å². The van der Waals surface area contributed by atoms with Gasteiger partial charge in [0, 0.05) is 25.1 Å². The Morgan fingerprint density at radius 3 is 2.50 bits per heavy atom. The highest BCUT2D eigenvalue weighted by Gasteiger charge is 2.23. The number of rotatable bonds is 10. The summed E-state index contributed by atoms with van der Waals surface area (Å²) in [5.41, 5.74) is 6.56. The lowest BCUT2D eigenvalue weighted by Gasteiger charge is -2.20. The molecule has 0 fully saturated rings. The zero-order chi connectivity index (χ0) is 26.6. The number of hydrogen-bond donors (Lipinski definition) is 1. The number of aromatic carboxylic acids is 1. The summed E-state index contributed by atoms with van der Waals surface area (Å²) in [6.45, 7) is 9.09. The Morgan fingerprint density at radius 2 is 1.76 bits per heavy atom. The first-order chi connectivity index (χ1) is 18.5. The molecule has 0 saturated carbocycles. The highest BCUT2D eigenvalue weighted by atomic mass is 16.4. The second-order valence-corrected chi connectivity index (χ2v) is 10.0. The van der Waals surface area contributed by atoms with Gasteiger partial charge in [0.05, 0.1) is 28.8 Å². The fourth-order valence-electron chi connectivity index (χ4n) is 5.44. The highest BCUT2D eigenvalue weighted by molar-refractivity contribution is 6.03. The molecular weight excluding hydrogens is 472 g/mol. The van der Waals surface area contributed by atoms with E-state index in [9.17, 15) is 9.90 Å². The molecule has 0 radical (unpaired) electrons. The number of aliphatic imine (C=N–C) groups is 1. The van der Waals surface area contributed by atoms with E-state index >= 15 is 0 Å². The van der Waals surface area contributed by atoms with Crippen LogP contribution < -0.4 is 0 Å². The lowest BCUT2D eigenvalue weighted by atomic mass is 9.94. The molecule has 0 unspecified atom stereocenters. The third kappa shape index (κ3) is 4.83. The lowest BCUT2D eigenvalue weighted by molar-refractivity contribution is 0.0697.